The van der Waals surface area contributed by atoms with Crippen LogP contribution in [0, 0.1) is 13.8 Å². The monoisotopic (exact) mass is 381 g/mol. The maximum Gasteiger partial charge on any atom is 0.258 e. The zero-order chi connectivity index (χ0) is 19.7. The summed E-state index contributed by atoms with van der Waals surface area (Å²) in [5, 5.41) is 2.96. The second-order valence-electron chi connectivity index (χ2n) is 7.56. The highest BCUT2D eigenvalue weighted by Gasteiger charge is 2.27. The lowest BCUT2D eigenvalue weighted by atomic mass is 10.1. The van der Waals surface area contributed by atoms with E-state index in [0.717, 1.165) is 39.0 Å². The van der Waals surface area contributed by atoms with Crippen LogP contribution in [0.2, 0.25) is 0 Å². The minimum absolute atomic E-state index is 0.161. The second-order valence-corrected chi connectivity index (χ2v) is 7.56. The van der Waals surface area contributed by atoms with Crippen LogP contribution >= 0.6 is 0 Å². The van der Waals surface area contributed by atoms with Crippen LogP contribution in [0.15, 0.2) is 24.4 Å². The van der Waals surface area contributed by atoms with Gasteiger partial charge in [0.25, 0.3) is 5.91 Å². The zero-order valence-electron chi connectivity index (χ0n) is 16.7. The number of aryl methyl sites for hydroxylation is 2. The molecule has 1 saturated carbocycles. The van der Waals surface area contributed by atoms with Crippen LogP contribution < -0.4 is 19.9 Å². The van der Waals surface area contributed by atoms with Crippen LogP contribution in [0.1, 0.15) is 34.3 Å². The van der Waals surface area contributed by atoms with E-state index in [1.165, 1.54) is 16.8 Å². The molecule has 1 saturated heterocycles. The number of methoxy groups -OCH3 is 1. The van der Waals surface area contributed by atoms with Crippen molar-refractivity contribution in [1.29, 1.82) is 0 Å². The Bertz CT molecular complexity index is 853. The number of nitrogens with one attached hydrogen (secondary N) is 1. The van der Waals surface area contributed by atoms with Crippen molar-refractivity contribution in [3.63, 3.8) is 0 Å². The van der Waals surface area contributed by atoms with E-state index in [-0.39, 0.29) is 11.9 Å². The number of nitrogens with zero attached hydrogens (tertiary/aromatic N) is 4. The summed E-state index contributed by atoms with van der Waals surface area (Å²) in [6, 6.07) is 6.71. The van der Waals surface area contributed by atoms with Crippen LogP contribution in [-0.4, -0.2) is 55.2 Å². The first kappa shape index (κ1) is 18.5. The minimum Gasteiger partial charge on any atom is -0.480 e. The Hall–Kier alpha value is -2.83. The molecule has 1 aliphatic heterocycles. The number of para-hydroxylation sites is 1. The minimum atomic E-state index is -0.161. The van der Waals surface area contributed by atoms with Gasteiger partial charge in [-0.3, -0.25) is 4.79 Å². The molecule has 2 fully saturated rings. The summed E-state index contributed by atoms with van der Waals surface area (Å²) in [7, 11) is 1.54. The normalized spacial score (nSPS) is 16.8. The Morgan fingerprint density at radius 2 is 1.75 bits per heavy atom. The van der Waals surface area contributed by atoms with Crippen LogP contribution in [0.25, 0.3) is 0 Å². The number of hydrogen-bond acceptors (Lipinski definition) is 6. The number of benzene rings is 1. The largest absolute Gasteiger partial charge is 0.480 e. The summed E-state index contributed by atoms with van der Waals surface area (Å²) in [5.74, 6) is 0.784. The molecule has 2 aromatic rings. The maximum absolute atomic E-state index is 12.3. The molecule has 1 aromatic carbocycles. The number of hydrogen-bond donors (Lipinski definition) is 1. The molecule has 2 heterocycles. The zero-order valence-corrected chi connectivity index (χ0v) is 16.7. The fourth-order valence-corrected chi connectivity index (χ4v) is 3.75. The molecule has 7 nitrogen and oxygen atoms in total. The van der Waals surface area contributed by atoms with E-state index in [1.54, 1.807) is 13.3 Å². The number of carbonyl (C=O) groups is 1. The fraction of sp³-hybridized carbons (Fsp3) is 0.476. The summed E-state index contributed by atoms with van der Waals surface area (Å²) < 4.78 is 5.37. The number of amides is 1. The molecule has 0 unspecified atom stereocenters. The molecule has 1 N–H and O–H groups in total. The average molecular weight is 381 g/mol. The van der Waals surface area contributed by atoms with Crippen molar-refractivity contribution in [3.05, 3.63) is 41.1 Å². The molecule has 28 heavy (non-hydrogen) atoms. The van der Waals surface area contributed by atoms with E-state index in [4.69, 9.17) is 4.74 Å². The van der Waals surface area contributed by atoms with Crippen LogP contribution in [0.5, 0.6) is 5.88 Å². The summed E-state index contributed by atoms with van der Waals surface area (Å²) in [6.45, 7) is 7.78. The van der Waals surface area contributed by atoms with Gasteiger partial charge in [0.15, 0.2) is 0 Å². The Labute approximate surface area is 165 Å². The van der Waals surface area contributed by atoms with Gasteiger partial charge in [0.2, 0.25) is 11.8 Å². The first-order valence-corrected chi connectivity index (χ1v) is 9.85. The summed E-state index contributed by atoms with van der Waals surface area (Å²) in [4.78, 5) is 25.9. The molecule has 2 aliphatic rings. The molecule has 0 atom stereocenters. The van der Waals surface area contributed by atoms with Gasteiger partial charge in [0.05, 0.1) is 7.11 Å². The smallest absolute Gasteiger partial charge is 0.258 e. The van der Waals surface area contributed by atoms with E-state index in [0.29, 0.717) is 17.4 Å². The van der Waals surface area contributed by atoms with Gasteiger partial charge in [0.1, 0.15) is 5.56 Å². The topological polar surface area (TPSA) is 70.6 Å². The average Bonchev–Trinajstić information content (AvgIpc) is 3.52. The van der Waals surface area contributed by atoms with E-state index in [1.807, 2.05) is 0 Å². The van der Waals surface area contributed by atoms with Crippen LogP contribution in [0.3, 0.4) is 0 Å². The van der Waals surface area contributed by atoms with E-state index in [9.17, 15) is 4.79 Å². The third-order valence-electron chi connectivity index (χ3n) is 5.41. The highest BCUT2D eigenvalue weighted by Crippen LogP contribution is 2.27. The van der Waals surface area contributed by atoms with Crippen molar-refractivity contribution in [2.24, 2.45) is 0 Å². The number of carbonyl (C=O) groups excluding carboxylic acids is 1. The summed E-state index contributed by atoms with van der Waals surface area (Å²) in [5.41, 5.74) is 4.33. The number of aromatic nitrogens is 2. The van der Waals surface area contributed by atoms with Gasteiger partial charge in [0, 0.05) is 44.1 Å². The van der Waals surface area contributed by atoms with E-state index in [2.05, 4.69) is 57.1 Å². The van der Waals surface area contributed by atoms with Crippen molar-refractivity contribution in [2.75, 3.05) is 43.1 Å². The van der Waals surface area contributed by atoms with E-state index < -0.39 is 0 Å². The highest BCUT2D eigenvalue weighted by atomic mass is 16.5. The summed E-state index contributed by atoms with van der Waals surface area (Å²) in [6.07, 6.45) is 3.66. The number of anilines is 2. The van der Waals surface area contributed by atoms with Gasteiger partial charge >= 0.3 is 0 Å². The third kappa shape index (κ3) is 3.74. The van der Waals surface area contributed by atoms with E-state index >= 15 is 0 Å². The van der Waals surface area contributed by atoms with Crippen LogP contribution in [-0.2, 0) is 0 Å². The molecule has 1 aliphatic carbocycles. The van der Waals surface area contributed by atoms with Crippen molar-refractivity contribution in [3.8, 4) is 5.88 Å². The fourth-order valence-electron chi connectivity index (χ4n) is 3.75. The van der Waals surface area contributed by atoms with Crippen molar-refractivity contribution >= 4 is 17.5 Å². The quantitative estimate of drug-likeness (QED) is 0.857. The van der Waals surface area contributed by atoms with Gasteiger partial charge < -0.3 is 19.9 Å². The first-order chi connectivity index (χ1) is 13.6. The van der Waals surface area contributed by atoms with Crippen molar-refractivity contribution in [1.82, 2.24) is 15.3 Å². The Kier molecular flexibility index (Phi) is 5.07. The van der Waals surface area contributed by atoms with Crippen molar-refractivity contribution in [2.45, 2.75) is 32.7 Å². The predicted molar refractivity (Wildman–Crippen MR) is 109 cm³/mol. The Balaban J connectivity index is 1.46. The predicted octanol–water partition coefficient (Wildman–Crippen LogP) is 2.32. The molecule has 4 rings (SSSR count). The number of rotatable bonds is 5. The van der Waals surface area contributed by atoms with Gasteiger partial charge in [-0.25, -0.2) is 4.98 Å². The second kappa shape index (κ2) is 7.66. The lowest BCUT2D eigenvalue weighted by Crippen LogP contribution is -2.47. The van der Waals surface area contributed by atoms with Gasteiger partial charge in [-0.05, 0) is 37.8 Å². The van der Waals surface area contributed by atoms with Crippen molar-refractivity contribution < 1.29 is 9.53 Å². The molecule has 0 bridgehead atoms. The molecule has 0 radical (unpaired) electrons. The molecular weight excluding hydrogens is 354 g/mol. The lowest BCUT2D eigenvalue weighted by Gasteiger charge is -2.37. The molecule has 1 aromatic heterocycles. The SMILES string of the molecule is COc1nc(N2CCN(c3c(C)cccc3C)CC2)ncc1C(=O)NC1CC1. The standard InChI is InChI=1S/C21H27N5O2/c1-14-5-4-6-15(2)18(14)25-9-11-26(12-10-25)21-22-13-17(20(24-21)28-3)19(27)23-16-7-8-16/h4-6,13,16H,7-12H2,1-3H3,(H,23,27). The van der Waals surface area contributed by atoms with Gasteiger partial charge in [-0.2, -0.15) is 4.98 Å². The van der Waals surface area contributed by atoms with Crippen LogP contribution in [0.4, 0.5) is 11.6 Å². The van der Waals surface area contributed by atoms with Gasteiger partial charge in [-0.15, -0.1) is 0 Å². The Morgan fingerprint density at radius 3 is 2.36 bits per heavy atom. The molecule has 1 amide bonds. The highest BCUT2D eigenvalue weighted by molar-refractivity contribution is 5.96. The molecule has 148 valence electrons. The molecule has 0 spiro atoms. The lowest BCUT2D eigenvalue weighted by molar-refractivity contribution is 0.0947. The summed E-state index contributed by atoms with van der Waals surface area (Å²) >= 11 is 0. The van der Waals surface area contributed by atoms with Gasteiger partial charge in [-0.1, -0.05) is 18.2 Å². The maximum atomic E-state index is 12.3. The Morgan fingerprint density at radius 1 is 1.11 bits per heavy atom. The number of ether oxygens (including phenoxy) is 1. The third-order valence-corrected chi connectivity index (χ3v) is 5.41. The number of piperazine rings is 1. The first-order valence-electron chi connectivity index (χ1n) is 9.85. The molecular formula is C21H27N5O2. The molecule has 7 heteroatoms.